The monoisotopic (exact) mass is 410 g/mol. The molecular weight excluding hydrogens is 392 g/mol. The number of unbranched alkanes of at least 4 members (excludes halogenated alkanes) is 1. The number of anilines is 1. The van der Waals surface area contributed by atoms with Crippen LogP contribution in [0.4, 0.5) is 5.69 Å². The van der Waals surface area contributed by atoms with Crippen molar-refractivity contribution in [2.75, 3.05) is 11.3 Å². The molecule has 0 bridgehead atoms. The summed E-state index contributed by atoms with van der Waals surface area (Å²) in [4.78, 5) is 12.1. The van der Waals surface area contributed by atoms with Gasteiger partial charge in [-0.3, -0.25) is 9.52 Å². The van der Waals surface area contributed by atoms with E-state index in [0.29, 0.717) is 17.8 Å². The zero-order chi connectivity index (χ0) is 17.6. The van der Waals surface area contributed by atoms with Gasteiger partial charge in [-0.25, -0.2) is 8.42 Å². The largest absolute Gasteiger partial charge is 0.352 e. The van der Waals surface area contributed by atoms with Crippen molar-refractivity contribution >= 4 is 37.5 Å². The van der Waals surface area contributed by atoms with Gasteiger partial charge in [0.05, 0.1) is 4.90 Å². The number of carbonyl (C=O) groups excluding carboxylic acids is 1. The van der Waals surface area contributed by atoms with Gasteiger partial charge in [0.1, 0.15) is 0 Å². The third-order valence-electron chi connectivity index (χ3n) is 3.34. The summed E-state index contributed by atoms with van der Waals surface area (Å²) in [5.74, 6) is -0.161. The second-order valence-corrected chi connectivity index (χ2v) is 7.84. The molecule has 0 aromatic heterocycles. The molecule has 0 spiro atoms. The molecule has 128 valence electrons. The van der Waals surface area contributed by atoms with Crippen LogP contribution in [0.2, 0.25) is 0 Å². The van der Waals surface area contributed by atoms with Crippen LogP contribution in [-0.4, -0.2) is 20.9 Å². The van der Waals surface area contributed by atoms with Gasteiger partial charge < -0.3 is 5.32 Å². The second kappa shape index (κ2) is 8.30. The molecule has 0 unspecified atom stereocenters. The van der Waals surface area contributed by atoms with E-state index in [4.69, 9.17) is 0 Å². The molecule has 0 fully saturated rings. The van der Waals surface area contributed by atoms with Crippen molar-refractivity contribution in [1.29, 1.82) is 0 Å². The first-order chi connectivity index (χ1) is 11.4. The van der Waals surface area contributed by atoms with E-state index in [1.165, 1.54) is 12.1 Å². The van der Waals surface area contributed by atoms with E-state index >= 15 is 0 Å². The Hall–Kier alpha value is -1.86. The summed E-state index contributed by atoms with van der Waals surface area (Å²) in [6.45, 7) is 2.69. The number of hydrogen-bond donors (Lipinski definition) is 2. The molecule has 2 aromatic rings. The van der Waals surface area contributed by atoms with Crippen molar-refractivity contribution in [2.24, 2.45) is 0 Å². The van der Waals surface area contributed by atoms with Crippen LogP contribution in [-0.2, 0) is 10.0 Å². The Morgan fingerprint density at radius 2 is 1.67 bits per heavy atom. The van der Waals surface area contributed by atoms with E-state index in [-0.39, 0.29) is 10.8 Å². The van der Waals surface area contributed by atoms with Crippen LogP contribution in [0.5, 0.6) is 0 Å². The molecule has 2 aromatic carbocycles. The smallest absolute Gasteiger partial charge is 0.261 e. The van der Waals surface area contributed by atoms with Crippen LogP contribution < -0.4 is 10.0 Å². The van der Waals surface area contributed by atoms with Gasteiger partial charge in [0.15, 0.2) is 0 Å². The van der Waals surface area contributed by atoms with E-state index in [1.807, 2.05) is 0 Å². The molecule has 0 saturated carbocycles. The first-order valence-corrected chi connectivity index (χ1v) is 9.86. The van der Waals surface area contributed by atoms with Crippen LogP contribution in [0.15, 0.2) is 57.9 Å². The third kappa shape index (κ3) is 5.07. The van der Waals surface area contributed by atoms with Gasteiger partial charge in [-0.2, -0.15) is 0 Å². The highest BCUT2D eigenvalue weighted by Crippen LogP contribution is 2.19. The molecular formula is C17H19BrN2O3S. The Labute approximate surface area is 150 Å². The number of rotatable bonds is 7. The predicted molar refractivity (Wildman–Crippen MR) is 98.6 cm³/mol. The lowest BCUT2D eigenvalue weighted by atomic mass is 10.2. The Bertz CT molecular complexity index is 788. The fourth-order valence-electron chi connectivity index (χ4n) is 2.00. The molecule has 0 saturated heterocycles. The number of carbonyl (C=O) groups is 1. The zero-order valence-corrected chi connectivity index (χ0v) is 15.7. The van der Waals surface area contributed by atoms with E-state index in [9.17, 15) is 13.2 Å². The Balaban J connectivity index is 2.05. The summed E-state index contributed by atoms with van der Waals surface area (Å²) in [5, 5.41) is 2.82. The van der Waals surface area contributed by atoms with Crippen LogP contribution in [0.25, 0.3) is 0 Å². The molecule has 0 aliphatic heterocycles. The summed E-state index contributed by atoms with van der Waals surface area (Å²) in [7, 11) is -3.65. The minimum Gasteiger partial charge on any atom is -0.352 e. The summed E-state index contributed by atoms with van der Waals surface area (Å²) in [6, 6.07) is 12.7. The lowest BCUT2D eigenvalue weighted by Crippen LogP contribution is -2.24. The standard InChI is InChI=1S/C17H19BrN2O3S/c1-2-3-12-19-17(21)13-4-8-15(9-5-13)20-24(22,23)16-10-6-14(18)7-11-16/h4-11,20H,2-3,12H2,1H3,(H,19,21). The minimum absolute atomic E-state index is 0.161. The van der Waals surface area contributed by atoms with Crippen LogP contribution in [0, 0.1) is 0 Å². The maximum atomic E-state index is 12.3. The van der Waals surface area contributed by atoms with Gasteiger partial charge >= 0.3 is 0 Å². The topological polar surface area (TPSA) is 75.3 Å². The Kier molecular flexibility index (Phi) is 6.39. The molecule has 7 heteroatoms. The quantitative estimate of drug-likeness (QED) is 0.681. The van der Waals surface area contributed by atoms with Crippen LogP contribution >= 0.6 is 15.9 Å². The number of amides is 1. The first-order valence-electron chi connectivity index (χ1n) is 7.59. The minimum atomic E-state index is -3.65. The van der Waals surface area contributed by atoms with E-state index in [1.54, 1.807) is 36.4 Å². The van der Waals surface area contributed by atoms with E-state index < -0.39 is 10.0 Å². The summed E-state index contributed by atoms with van der Waals surface area (Å²) in [6.07, 6.45) is 1.94. The number of nitrogens with one attached hydrogen (secondary N) is 2. The van der Waals surface area contributed by atoms with Gasteiger partial charge in [-0.15, -0.1) is 0 Å². The molecule has 0 aliphatic rings. The molecule has 0 atom stereocenters. The van der Waals surface area contributed by atoms with Gasteiger partial charge in [0.25, 0.3) is 15.9 Å². The fraction of sp³-hybridized carbons (Fsp3) is 0.235. The van der Waals surface area contributed by atoms with Crippen LogP contribution in [0.3, 0.4) is 0 Å². The maximum Gasteiger partial charge on any atom is 0.261 e. The van der Waals surface area contributed by atoms with E-state index in [2.05, 4.69) is 32.9 Å². The Morgan fingerprint density at radius 3 is 2.25 bits per heavy atom. The van der Waals surface area contributed by atoms with Crippen molar-refractivity contribution in [3.63, 3.8) is 0 Å². The summed E-state index contributed by atoms with van der Waals surface area (Å²) < 4.78 is 27.9. The number of halogens is 1. The van der Waals surface area contributed by atoms with Crippen molar-refractivity contribution in [1.82, 2.24) is 5.32 Å². The molecule has 0 radical (unpaired) electrons. The molecule has 5 nitrogen and oxygen atoms in total. The maximum absolute atomic E-state index is 12.3. The fourth-order valence-corrected chi connectivity index (χ4v) is 3.32. The third-order valence-corrected chi connectivity index (χ3v) is 5.26. The highest BCUT2D eigenvalue weighted by Gasteiger charge is 2.14. The average Bonchev–Trinajstić information content (AvgIpc) is 2.55. The van der Waals surface area contributed by atoms with Crippen molar-refractivity contribution in [2.45, 2.75) is 24.7 Å². The number of sulfonamides is 1. The molecule has 0 aliphatic carbocycles. The van der Waals surface area contributed by atoms with Crippen molar-refractivity contribution < 1.29 is 13.2 Å². The lowest BCUT2D eigenvalue weighted by molar-refractivity contribution is 0.0953. The normalized spacial score (nSPS) is 11.1. The average molecular weight is 411 g/mol. The van der Waals surface area contributed by atoms with Crippen molar-refractivity contribution in [3.05, 3.63) is 58.6 Å². The SMILES string of the molecule is CCCCNC(=O)c1ccc(NS(=O)(=O)c2ccc(Br)cc2)cc1. The number of benzene rings is 2. The van der Waals surface area contributed by atoms with Gasteiger partial charge in [0.2, 0.25) is 0 Å². The predicted octanol–water partition coefficient (Wildman–Crippen LogP) is 3.78. The van der Waals surface area contributed by atoms with E-state index in [0.717, 1.165) is 17.3 Å². The molecule has 1 amide bonds. The number of hydrogen-bond acceptors (Lipinski definition) is 3. The molecule has 0 heterocycles. The molecule has 2 rings (SSSR count). The van der Waals surface area contributed by atoms with Crippen molar-refractivity contribution in [3.8, 4) is 0 Å². The second-order valence-electron chi connectivity index (χ2n) is 5.25. The highest BCUT2D eigenvalue weighted by molar-refractivity contribution is 9.10. The van der Waals surface area contributed by atoms with Crippen LogP contribution in [0.1, 0.15) is 30.1 Å². The van der Waals surface area contributed by atoms with Gasteiger partial charge in [0, 0.05) is 22.3 Å². The van der Waals surface area contributed by atoms with Gasteiger partial charge in [-0.1, -0.05) is 29.3 Å². The highest BCUT2D eigenvalue weighted by atomic mass is 79.9. The summed E-state index contributed by atoms with van der Waals surface area (Å²) >= 11 is 3.27. The van der Waals surface area contributed by atoms with Gasteiger partial charge in [-0.05, 0) is 55.0 Å². The molecule has 24 heavy (non-hydrogen) atoms. The lowest BCUT2D eigenvalue weighted by Gasteiger charge is -2.09. The first kappa shape index (κ1) is 18.5. The Morgan fingerprint density at radius 1 is 1.04 bits per heavy atom. The summed E-state index contributed by atoms with van der Waals surface area (Å²) in [5.41, 5.74) is 0.903. The molecule has 2 N–H and O–H groups in total. The zero-order valence-electron chi connectivity index (χ0n) is 13.3.